The third-order valence-electron chi connectivity index (χ3n) is 2.87. The van der Waals surface area contributed by atoms with Crippen LogP contribution >= 0.6 is 0 Å². The Morgan fingerprint density at radius 1 is 1.24 bits per heavy atom. The molecule has 1 unspecified atom stereocenters. The Morgan fingerprint density at radius 2 is 1.82 bits per heavy atom. The summed E-state index contributed by atoms with van der Waals surface area (Å²) in [6.07, 6.45) is 0.557. The largest absolute Gasteiger partial charge is 0.465 e. The number of nitrogens with zero attached hydrogens (tertiary/aromatic N) is 1. The number of amides is 1. The lowest BCUT2D eigenvalue weighted by Crippen LogP contribution is -2.49. The molecule has 0 aliphatic rings. The van der Waals surface area contributed by atoms with Gasteiger partial charge in [0.25, 0.3) is 5.91 Å². The Balaban J connectivity index is 4.65. The number of likely N-dealkylation sites (N-methyl/N-ethyl adjacent to an activating group) is 1. The third-order valence-corrected chi connectivity index (χ3v) is 2.87. The van der Waals surface area contributed by atoms with E-state index in [1.807, 2.05) is 13.8 Å². The molecule has 5 nitrogen and oxygen atoms in total. The van der Waals surface area contributed by atoms with Gasteiger partial charge in [0.15, 0.2) is 0 Å². The fraction of sp³-hybridized carbons (Fsp3) is 0.833. The molecule has 0 aliphatic heterocycles. The normalized spacial score (nSPS) is 13.9. The summed E-state index contributed by atoms with van der Waals surface area (Å²) < 4.78 is 10.1. The zero-order valence-electron chi connectivity index (χ0n) is 11.4. The van der Waals surface area contributed by atoms with E-state index in [-0.39, 0.29) is 12.5 Å². The fourth-order valence-electron chi connectivity index (χ4n) is 1.41. The molecular weight excluding hydrogens is 222 g/mol. The van der Waals surface area contributed by atoms with E-state index in [4.69, 9.17) is 9.47 Å². The van der Waals surface area contributed by atoms with Crippen molar-refractivity contribution in [1.29, 1.82) is 0 Å². The van der Waals surface area contributed by atoms with Crippen molar-refractivity contribution in [2.24, 2.45) is 0 Å². The van der Waals surface area contributed by atoms with E-state index in [1.54, 1.807) is 13.8 Å². The van der Waals surface area contributed by atoms with Gasteiger partial charge in [-0.3, -0.25) is 9.59 Å². The summed E-state index contributed by atoms with van der Waals surface area (Å²) in [6.45, 7) is 7.91. The Morgan fingerprint density at radius 3 is 2.18 bits per heavy atom. The maximum absolute atomic E-state index is 12.2. The summed E-state index contributed by atoms with van der Waals surface area (Å²) in [4.78, 5) is 25.0. The van der Waals surface area contributed by atoms with E-state index in [1.165, 1.54) is 12.0 Å². The molecule has 0 radical (unpaired) electrons. The van der Waals surface area contributed by atoms with Crippen molar-refractivity contribution in [3.63, 3.8) is 0 Å². The molecule has 0 N–H and O–H groups in total. The van der Waals surface area contributed by atoms with Gasteiger partial charge < -0.3 is 14.4 Å². The van der Waals surface area contributed by atoms with Crippen molar-refractivity contribution < 1.29 is 19.1 Å². The van der Waals surface area contributed by atoms with Crippen molar-refractivity contribution in [3.8, 4) is 0 Å². The molecule has 0 spiro atoms. The number of ether oxygens (including phenoxy) is 2. The molecular formula is C12H23NO4. The molecule has 0 rings (SSSR count). The van der Waals surface area contributed by atoms with Gasteiger partial charge >= 0.3 is 5.97 Å². The summed E-state index contributed by atoms with van der Waals surface area (Å²) in [5, 5.41) is 0. The maximum Gasteiger partial charge on any atom is 0.325 e. The lowest BCUT2D eigenvalue weighted by molar-refractivity contribution is -0.159. The van der Waals surface area contributed by atoms with Gasteiger partial charge in [0.1, 0.15) is 12.1 Å². The Kier molecular flexibility index (Phi) is 6.80. The molecule has 5 heteroatoms. The summed E-state index contributed by atoms with van der Waals surface area (Å²) in [5.41, 5.74) is -0.873. The molecule has 0 saturated carbocycles. The second-order valence-corrected chi connectivity index (χ2v) is 3.91. The fourth-order valence-corrected chi connectivity index (χ4v) is 1.41. The van der Waals surface area contributed by atoms with Crippen molar-refractivity contribution in [1.82, 2.24) is 4.90 Å². The van der Waals surface area contributed by atoms with E-state index in [9.17, 15) is 9.59 Å². The van der Waals surface area contributed by atoms with E-state index in [2.05, 4.69) is 0 Å². The van der Waals surface area contributed by atoms with Crippen molar-refractivity contribution >= 4 is 11.9 Å². The number of carbonyl (C=O) groups excluding carboxylic acids is 2. The highest BCUT2D eigenvalue weighted by Crippen LogP contribution is 2.17. The first-order chi connectivity index (χ1) is 7.95. The van der Waals surface area contributed by atoms with Crippen LogP contribution in [0, 0.1) is 0 Å². The number of carbonyl (C=O) groups is 2. The van der Waals surface area contributed by atoms with Crippen LogP contribution in [-0.4, -0.2) is 49.2 Å². The van der Waals surface area contributed by atoms with Gasteiger partial charge in [-0.1, -0.05) is 6.92 Å². The van der Waals surface area contributed by atoms with E-state index < -0.39 is 11.6 Å². The number of hydrogen-bond donors (Lipinski definition) is 0. The Labute approximate surface area is 103 Å². The molecule has 1 amide bonds. The van der Waals surface area contributed by atoms with Crippen LogP contribution in [0.3, 0.4) is 0 Å². The zero-order chi connectivity index (χ0) is 13.5. The number of esters is 1. The number of methoxy groups -OCH3 is 1. The van der Waals surface area contributed by atoms with Crippen LogP contribution in [-0.2, 0) is 19.1 Å². The first kappa shape index (κ1) is 15.9. The lowest BCUT2D eigenvalue weighted by atomic mass is 10.0. The molecule has 0 saturated heterocycles. The molecule has 0 bridgehead atoms. The SMILES string of the molecule is CCOC(=O)CN(CC)C(=O)C(C)(CC)OC. The Bertz CT molecular complexity index is 261. The van der Waals surface area contributed by atoms with Crippen molar-refractivity contribution in [2.45, 2.75) is 39.7 Å². The van der Waals surface area contributed by atoms with Crippen LogP contribution in [0.4, 0.5) is 0 Å². The van der Waals surface area contributed by atoms with Crippen LogP contribution in [0.15, 0.2) is 0 Å². The van der Waals surface area contributed by atoms with Gasteiger partial charge in [0.05, 0.1) is 6.61 Å². The number of hydrogen-bond acceptors (Lipinski definition) is 4. The van der Waals surface area contributed by atoms with Crippen LogP contribution in [0.1, 0.15) is 34.1 Å². The topological polar surface area (TPSA) is 55.8 Å². The molecule has 1 atom stereocenters. The molecule has 0 fully saturated rings. The average molecular weight is 245 g/mol. The van der Waals surface area contributed by atoms with Crippen LogP contribution in [0.5, 0.6) is 0 Å². The highest BCUT2D eigenvalue weighted by atomic mass is 16.5. The minimum Gasteiger partial charge on any atom is -0.465 e. The van der Waals surface area contributed by atoms with E-state index in [0.717, 1.165) is 0 Å². The minimum absolute atomic E-state index is 0.0257. The molecule has 0 aromatic heterocycles. The lowest BCUT2D eigenvalue weighted by Gasteiger charge is -2.31. The first-order valence-electron chi connectivity index (χ1n) is 5.95. The first-order valence-corrected chi connectivity index (χ1v) is 5.95. The Hall–Kier alpha value is -1.10. The minimum atomic E-state index is -0.873. The zero-order valence-corrected chi connectivity index (χ0v) is 11.4. The standard InChI is InChI=1S/C12H23NO4/c1-6-12(4,16-5)11(15)13(7-2)9-10(14)17-8-3/h6-9H2,1-5H3. The highest BCUT2D eigenvalue weighted by molar-refractivity contribution is 5.88. The van der Waals surface area contributed by atoms with E-state index >= 15 is 0 Å². The molecule has 0 heterocycles. The second-order valence-electron chi connectivity index (χ2n) is 3.91. The summed E-state index contributed by atoms with van der Waals surface area (Å²) in [6, 6.07) is 0. The number of rotatable bonds is 7. The third kappa shape index (κ3) is 4.34. The van der Waals surface area contributed by atoms with Crippen LogP contribution < -0.4 is 0 Å². The summed E-state index contributed by atoms with van der Waals surface area (Å²) in [7, 11) is 1.50. The van der Waals surface area contributed by atoms with Crippen LogP contribution in [0.25, 0.3) is 0 Å². The quantitative estimate of drug-likeness (QED) is 0.633. The molecule has 100 valence electrons. The van der Waals surface area contributed by atoms with Gasteiger partial charge in [-0.25, -0.2) is 0 Å². The predicted molar refractivity (Wildman–Crippen MR) is 64.6 cm³/mol. The van der Waals surface area contributed by atoms with Crippen molar-refractivity contribution in [2.75, 3.05) is 26.8 Å². The van der Waals surface area contributed by atoms with Crippen LogP contribution in [0.2, 0.25) is 0 Å². The summed E-state index contributed by atoms with van der Waals surface area (Å²) in [5.74, 6) is -0.574. The van der Waals surface area contributed by atoms with Gasteiger partial charge in [-0.15, -0.1) is 0 Å². The molecule has 0 aliphatic carbocycles. The smallest absolute Gasteiger partial charge is 0.325 e. The monoisotopic (exact) mass is 245 g/mol. The van der Waals surface area contributed by atoms with Gasteiger partial charge in [-0.2, -0.15) is 0 Å². The molecule has 0 aromatic rings. The highest BCUT2D eigenvalue weighted by Gasteiger charge is 2.35. The molecule has 0 aromatic carbocycles. The second kappa shape index (κ2) is 7.27. The summed E-state index contributed by atoms with van der Waals surface area (Å²) >= 11 is 0. The van der Waals surface area contributed by atoms with Gasteiger partial charge in [0, 0.05) is 13.7 Å². The van der Waals surface area contributed by atoms with E-state index in [0.29, 0.717) is 19.6 Å². The average Bonchev–Trinajstić information content (AvgIpc) is 2.34. The van der Waals surface area contributed by atoms with Crippen molar-refractivity contribution in [3.05, 3.63) is 0 Å². The van der Waals surface area contributed by atoms with Gasteiger partial charge in [0.2, 0.25) is 0 Å². The predicted octanol–water partition coefficient (Wildman–Crippen LogP) is 1.21. The maximum atomic E-state index is 12.2. The molecule has 17 heavy (non-hydrogen) atoms. The van der Waals surface area contributed by atoms with Gasteiger partial charge in [-0.05, 0) is 27.2 Å².